The van der Waals surface area contributed by atoms with Crippen LogP contribution in [0.2, 0.25) is 0 Å². The van der Waals surface area contributed by atoms with Gasteiger partial charge in [-0.2, -0.15) is 0 Å². The number of phosphoric ester groups is 1. The monoisotopic (exact) mass is 658 g/mol. The summed E-state index contributed by atoms with van der Waals surface area (Å²) >= 11 is 0. The molecule has 45 heavy (non-hydrogen) atoms. The van der Waals surface area contributed by atoms with Crippen molar-refractivity contribution in [2.45, 2.75) is 175 Å². The first-order valence-corrected chi connectivity index (χ1v) is 19.6. The zero-order valence-corrected chi connectivity index (χ0v) is 29.9. The second kappa shape index (κ2) is 32.5. The van der Waals surface area contributed by atoms with E-state index in [1.807, 2.05) is 0 Å². The molecular formula is C36H67O8P. The van der Waals surface area contributed by atoms with E-state index in [4.69, 9.17) is 18.5 Å². The van der Waals surface area contributed by atoms with Crippen molar-refractivity contribution in [1.29, 1.82) is 0 Å². The van der Waals surface area contributed by atoms with Crippen molar-refractivity contribution < 1.29 is 37.6 Å². The van der Waals surface area contributed by atoms with Gasteiger partial charge in [0.1, 0.15) is 6.61 Å². The molecule has 2 atom stereocenters. The van der Waals surface area contributed by atoms with Crippen LogP contribution in [0.3, 0.4) is 0 Å². The van der Waals surface area contributed by atoms with Gasteiger partial charge in [0.2, 0.25) is 0 Å². The minimum atomic E-state index is -4.27. The van der Waals surface area contributed by atoms with Crippen molar-refractivity contribution >= 4 is 19.8 Å². The molecule has 0 bridgehead atoms. The average molecular weight is 659 g/mol. The molecule has 264 valence electrons. The Morgan fingerprint density at radius 3 is 1.62 bits per heavy atom. The normalized spacial score (nSPS) is 13.8. The molecule has 0 fully saturated rings. The molecular weight excluding hydrogens is 591 g/mol. The van der Waals surface area contributed by atoms with Crippen LogP contribution < -0.4 is 0 Å². The van der Waals surface area contributed by atoms with E-state index in [9.17, 15) is 19.0 Å². The molecule has 0 aliphatic rings. The van der Waals surface area contributed by atoms with Crippen LogP contribution in [0, 0.1) is 0 Å². The number of esters is 2. The number of allylic oxidation sites excluding steroid dienone is 4. The van der Waals surface area contributed by atoms with Crippen LogP contribution >= 0.6 is 7.82 Å². The lowest BCUT2D eigenvalue weighted by Crippen LogP contribution is -2.29. The van der Waals surface area contributed by atoms with E-state index >= 15 is 0 Å². The maximum Gasteiger partial charge on any atom is 0.472 e. The fourth-order valence-corrected chi connectivity index (χ4v) is 5.59. The SMILES string of the molecule is CCCCC/C=C\C/C=C\CCCCCCCC(=O)OC(COC(=O)CCCCCCCCCCCC)COP(=O)(O)OCC. The molecule has 9 heteroatoms. The highest BCUT2D eigenvalue weighted by molar-refractivity contribution is 7.47. The van der Waals surface area contributed by atoms with Gasteiger partial charge in [-0.05, 0) is 51.9 Å². The van der Waals surface area contributed by atoms with Gasteiger partial charge in [-0.3, -0.25) is 18.6 Å². The summed E-state index contributed by atoms with van der Waals surface area (Å²) in [5.41, 5.74) is 0. The number of rotatable bonds is 33. The van der Waals surface area contributed by atoms with Crippen LogP contribution in [-0.2, 0) is 32.7 Å². The van der Waals surface area contributed by atoms with E-state index in [1.54, 1.807) is 6.92 Å². The van der Waals surface area contributed by atoms with E-state index in [0.717, 1.165) is 57.8 Å². The van der Waals surface area contributed by atoms with Gasteiger partial charge < -0.3 is 14.4 Å². The average Bonchev–Trinajstić information content (AvgIpc) is 3.01. The predicted octanol–water partition coefficient (Wildman–Crippen LogP) is 10.7. The number of unbranched alkanes of at least 4 members (excludes halogenated alkanes) is 17. The van der Waals surface area contributed by atoms with Crippen molar-refractivity contribution in [2.75, 3.05) is 19.8 Å². The lowest BCUT2D eigenvalue weighted by atomic mass is 10.1. The fraction of sp³-hybridized carbons (Fsp3) is 0.833. The quantitative estimate of drug-likeness (QED) is 0.0321. The Morgan fingerprint density at radius 2 is 1.07 bits per heavy atom. The second-order valence-electron chi connectivity index (χ2n) is 11.9. The molecule has 1 N–H and O–H groups in total. The third kappa shape index (κ3) is 32.3. The smallest absolute Gasteiger partial charge is 0.462 e. The molecule has 0 aromatic heterocycles. The van der Waals surface area contributed by atoms with E-state index in [0.29, 0.717) is 12.8 Å². The zero-order valence-electron chi connectivity index (χ0n) is 29.0. The summed E-state index contributed by atoms with van der Waals surface area (Å²) in [7, 11) is -4.27. The Morgan fingerprint density at radius 1 is 0.600 bits per heavy atom. The minimum absolute atomic E-state index is 0.00109. The van der Waals surface area contributed by atoms with E-state index in [-0.39, 0.29) is 25.6 Å². The van der Waals surface area contributed by atoms with Crippen LogP contribution in [0.5, 0.6) is 0 Å². The Kier molecular flexibility index (Phi) is 31.4. The van der Waals surface area contributed by atoms with Gasteiger partial charge >= 0.3 is 19.8 Å². The second-order valence-corrected chi connectivity index (χ2v) is 13.3. The molecule has 0 aliphatic carbocycles. The summed E-state index contributed by atoms with van der Waals surface area (Å²) in [5, 5.41) is 0. The third-order valence-corrected chi connectivity index (χ3v) is 8.57. The largest absolute Gasteiger partial charge is 0.472 e. The maximum atomic E-state index is 12.5. The third-order valence-electron chi connectivity index (χ3n) is 7.51. The molecule has 0 spiro atoms. The maximum absolute atomic E-state index is 12.5. The number of phosphoric acid groups is 1. The highest BCUT2D eigenvalue weighted by Gasteiger charge is 2.25. The molecule has 0 amide bonds. The molecule has 0 aromatic carbocycles. The first kappa shape index (κ1) is 43.5. The summed E-state index contributed by atoms with van der Waals surface area (Å²) in [4.78, 5) is 34.5. The first-order valence-electron chi connectivity index (χ1n) is 18.1. The molecule has 0 saturated carbocycles. The number of ether oxygens (including phenoxy) is 2. The summed E-state index contributed by atoms with van der Waals surface area (Å²) in [5.74, 6) is -0.814. The number of hydrogen-bond donors (Lipinski definition) is 1. The Bertz CT molecular complexity index is 798. The summed E-state index contributed by atoms with van der Waals surface area (Å²) in [6.45, 7) is 5.40. The summed E-state index contributed by atoms with van der Waals surface area (Å²) in [6, 6.07) is 0. The van der Waals surface area contributed by atoms with Crippen molar-refractivity contribution in [3.8, 4) is 0 Å². The Hall–Kier alpha value is -1.47. The van der Waals surface area contributed by atoms with Gasteiger partial charge in [0.15, 0.2) is 6.10 Å². The van der Waals surface area contributed by atoms with Gasteiger partial charge in [-0.15, -0.1) is 0 Å². The van der Waals surface area contributed by atoms with Crippen molar-refractivity contribution in [3.63, 3.8) is 0 Å². The molecule has 0 heterocycles. The Labute approximate surface area is 275 Å². The van der Waals surface area contributed by atoms with Crippen LogP contribution in [-0.4, -0.2) is 42.8 Å². The Balaban J connectivity index is 4.20. The van der Waals surface area contributed by atoms with Gasteiger partial charge in [0.25, 0.3) is 0 Å². The van der Waals surface area contributed by atoms with Crippen molar-refractivity contribution in [1.82, 2.24) is 0 Å². The van der Waals surface area contributed by atoms with E-state index in [1.165, 1.54) is 70.6 Å². The van der Waals surface area contributed by atoms with E-state index in [2.05, 4.69) is 38.2 Å². The molecule has 8 nitrogen and oxygen atoms in total. The minimum Gasteiger partial charge on any atom is -0.462 e. The molecule has 0 radical (unpaired) electrons. The fourth-order valence-electron chi connectivity index (χ4n) is 4.83. The standard InChI is InChI=1S/C36H67O8P/c1-4-7-9-11-13-15-17-18-19-20-21-23-25-27-29-31-36(38)44-34(33-43-45(39,40)42-6-3)32-41-35(37)30-28-26-24-22-16-14-12-10-8-5-2/h13,15,18-19,34H,4-12,14,16-17,20-33H2,1-3H3,(H,39,40)/b15-13-,19-18-. The van der Waals surface area contributed by atoms with Gasteiger partial charge in [0.05, 0.1) is 13.2 Å². The number of carbonyl (C=O) groups excluding carboxylic acids is 2. The van der Waals surface area contributed by atoms with Crippen LogP contribution in [0.4, 0.5) is 0 Å². The van der Waals surface area contributed by atoms with Crippen molar-refractivity contribution in [2.24, 2.45) is 0 Å². The van der Waals surface area contributed by atoms with Gasteiger partial charge in [0, 0.05) is 12.8 Å². The molecule has 0 aromatic rings. The molecule has 0 aliphatic heterocycles. The highest BCUT2D eigenvalue weighted by Crippen LogP contribution is 2.43. The molecule has 0 saturated heterocycles. The summed E-state index contributed by atoms with van der Waals surface area (Å²) < 4.78 is 32.4. The molecule has 2 unspecified atom stereocenters. The van der Waals surface area contributed by atoms with Crippen LogP contribution in [0.15, 0.2) is 24.3 Å². The zero-order chi connectivity index (χ0) is 33.3. The van der Waals surface area contributed by atoms with Gasteiger partial charge in [-0.25, -0.2) is 4.57 Å². The van der Waals surface area contributed by atoms with Crippen LogP contribution in [0.1, 0.15) is 168 Å². The number of hydrogen-bond acceptors (Lipinski definition) is 7. The van der Waals surface area contributed by atoms with Gasteiger partial charge in [-0.1, -0.05) is 128 Å². The highest BCUT2D eigenvalue weighted by atomic mass is 31.2. The lowest BCUT2D eigenvalue weighted by molar-refractivity contribution is -0.161. The van der Waals surface area contributed by atoms with Crippen molar-refractivity contribution in [3.05, 3.63) is 24.3 Å². The van der Waals surface area contributed by atoms with E-state index < -0.39 is 26.5 Å². The first-order chi connectivity index (χ1) is 21.8. The topological polar surface area (TPSA) is 108 Å². The predicted molar refractivity (Wildman–Crippen MR) is 184 cm³/mol. The summed E-state index contributed by atoms with van der Waals surface area (Å²) in [6.07, 6.45) is 32.3. The molecule has 0 rings (SSSR count). The number of carbonyl (C=O) groups is 2. The van der Waals surface area contributed by atoms with Crippen LogP contribution in [0.25, 0.3) is 0 Å². The lowest BCUT2D eigenvalue weighted by Gasteiger charge is -2.19.